The van der Waals surface area contributed by atoms with Crippen molar-refractivity contribution in [2.75, 3.05) is 18.5 Å². The molecule has 0 radical (unpaired) electrons. The summed E-state index contributed by atoms with van der Waals surface area (Å²) in [6, 6.07) is 9.88. The van der Waals surface area contributed by atoms with E-state index in [2.05, 4.69) is 10.3 Å². The van der Waals surface area contributed by atoms with Crippen molar-refractivity contribution in [3.8, 4) is 5.88 Å². The Kier molecular flexibility index (Phi) is 5.25. The van der Waals surface area contributed by atoms with E-state index >= 15 is 0 Å². The number of carboxylic acids is 1. The molecule has 2 N–H and O–H groups in total. The van der Waals surface area contributed by atoms with Crippen LogP contribution in [0.2, 0.25) is 0 Å². The van der Waals surface area contributed by atoms with Crippen LogP contribution in [0.25, 0.3) is 0 Å². The Morgan fingerprint density at radius 2 is 2.08 bits per heavy atom. The van der Waals surface area contributed by atoms with E-state index in [1.807, 2.05) is 0 Å². The van der Waals surface area contributed by atoms with E-state index in [4.69, 9.17) is 14.6 Å². The van der Waals surface area contributed by atoms with Crippen molar-refractivity contribution in [2.45, 2.75) is 18.9 Å². The number of anilines is 1. The highest BCUT2D eigenvalue weighted by Gasteiger charge is 2.18. The largest absolute Gasteiger partial charge is 0.481 e. The van der Waals surface area contributed by atoms with Crippen molar-refractivity contribution in [3.63, 3.8) is 0 Å². The summed E-state index contributed by atoms with van der Waals surface area (Å²) < 4.78 is 10.9. The Balaban J connectivity index is 1.63. The highest BCUT2D eigenvalue weighted by atomic mass is 16.5. The van der Waals surface area contributed by atoms with Crippen LogP contribution in [0.5, 0.6) is 5.88 Å². The average Bonchev–Trinajstić information content (AvgIpc) is 3.09. The fourth-order valence-corrected chi connectivity index (χ4v) is 2.48. The smallest absolute Gasteiger partial charge is 0.307 e. The van der Waals surface area contributed by atoms with E-state index in [1.54, 1.807) is 36.4 Å². The zero-order valence-corrected chi connectivity index (χ0v) is 13.5. The van der Waals surface area contributed by atoms with Crippen LogP contribution in [0.1, 0.15) is 22.3 Å². The van der Waals surface area contributed by atoms with Crippen LogP contribution in [0.3, 0.4) is 0 Å². The second kappa shape index (κ2) is 7.76. The van der Waals surface area contributed by atoms with Gasteiger partial charge in [0, 0.05) is 29.9 Å². The molecule has 1 aromatic heterocycles. The zero-order valence-electron chi connectivity index (χ0n) is 13.5. The number of rotatable bonds is 6. The van der Waals surface area contributed by atoms with E-state index < -0.39 is 5.97 Å². The molecule has 7 nitrogen and oxygen atoms in total. The molecular formula is C18H18N2O5. The first kappa shape index (κ1) is 16.9. The topological polar surface area (TPSA) is 97.8 Å². The summed E-state index contributed by atoms with van der Waals surface area (Å²) in [4.78, 5) is 27.1. The molecule has 25 heavy (non-hydrogen) atoms. The third kappa shape index (κ3) is 4.77. The number of ether oxygens (including phenoxy) is 2. The highest BCUT2D eigenvalue weighted by molar-refractivity contribution is 6.04. The van der Waals surface area contributed by atoms with Crippen LogP contribution in [0.15, 0.2) is 42.6 Å². The summed E-state index contributed by atoms with van der Waals surface area (Å²) >= 11 is 0. The Morgan fingerprint density at radius 3 is 2.76 bits per heavy atom. The van der Waals surface area contributed by atoms with Gasteiger partial charge < -0.3 is 19.9 Å². The molecule has 130 valence electrons. The number of amides is 1. The Bertz CT molecular complexity index is 754. The lowest BCUT2D eigenvalue weighted by molar-refractivity contribution is -0.136. The molecule has 1 aliphatic heterocycles. The van der Waals surface area contributed by atoms with Gasteiger partial charge in [0.25, 0.3) is 5.91 Å². The van der Waals surface area contributed by atoms with Crippen LogP contribution in [0, 0.1) is 0 Å². The molecule has 1 aliphatic rings. The monoisotopic (exact) mass is 342 g/mol. The SMILES string of the molecule is O=C(O)Cc1ccc(NC(=O)c2ccnc(O[C@H]3CCOC3)c2)cc1. The van der Waals surface area contributed by atoms with E-state index in [0.29, 0.717) is 35.9 Å². The Hall–Kier alpha value is -2.93. The maximum atomic E-state index is 12.4. The second-order valence-electron chi connectivity index (χ2n) is 5.71. The van der Waals surface area contributed by atoms with Gasteiger partial charge in [0.15, 0.2) is 0 Å². The third-order valence-electron chi connectivity index (χ3n) is 3.74. The van der Waals surface area contributed by atoms with E-state index in [0.717, 1.165) is 6.42 Å². The number of benzene rings is 1. The van der Waals surface area contributed by atoms with E-state index in [1.165, 1.54) is 6.20 Å². The normalized spacial score (nSPS) is 16.4. The lowest BCUT2D eigenvalue weighted by Crippen LogP contribution is -2.17. The van der Waals surface area contributed by atoms with Crippen molar-refractivity contribution >= 4 is 17.6 Å². The number of aliphatic carboxylic acids is 1. The van der Waals surface area contributed by atoms with Gasteiger partial charge in [-0.3, -0.25) is 9.59 Å². The zero-order chi connectivity index (χ0) is 17.6. The molecule has 0 spiro atoms. The summed E-state index contributed by atoms with van der Waals surface area (Å²) in [6.45, 7) is 1.20. The quantitative estimate of drug-likeness (QED) is 0.834. The fraction of sp³-hybridized carbons (Fsp3) is 0.278. The van der Waals surface area contributed by atoms with Gasteiger partial charge in [-0.15, -0.1) is 0 Å². The molecule has 1 amide bonds. The van der Waals surface area contributed by atoms with Gasteiger partial charge in [0.05, 0.1) is 19.6 Å². The van der Waals surface area contributed by atoms with Crippen molar-refractivity contribution in [2.24, 2.45) is 0 Å². The van der Waals surface area contributed by atoms with Crippen molar-refractivity contribution < 1.29 is 24.2 Å². The maximum Gasteiger partial charge on any atom is 0.307 e. The fourth-order valence-electron chi connectivity index (χ4n) is 2.48. The van der Waals surface area contributed by atoms with Crippen molar-refractivity contribution in [1.82, 2.24) is 4.98 Å². The predicted molar refractivity (Wildman–Crippen MR) is 89.8 cm³/mol. The molecule has 2 heterocycles. The molecular weight excluding hydrogens is 324 g/mol. The number of carboxylic acid groups (broad SMARTS) is 1. The minimum Gasteiger partial charge on any atom is -0.481 e. The number of carbonyl (C=O) groups is 2. The van der Waals surface area contributed by atoms with E-state index in [-0.39, 0.29) is 18.4 Å². The van der Waals surface area contributed by atoms with Gasteiger partial charge in [-0.2, -0.15) is 0 Å². The molecule has 1 aromatic carbocycles. The van der Waals surface area contributed by atoms with Gasteiger partial charge in [-0.25, -0.2) is 4.98 Å². The van der Waals surface area contributed by atoms with Gasteiger partial charge in [-0.1, -0.05) is 12.1 Å². The highest BCUT2D eigenvalue weighted by Crippen LogP contribution is 2.17. The number of hydrogen-bond donors (Lipinski definition) is 2. The molecule has 3 rings (SSSR count). The van der Waals surface area contributed by atoms with Crippen LogP contribution < -0.4 is 10.1 Å². The predicted octanol–water partition coefficient (Wildman–Crippen LogP) is 2.13. The molecule has 1 fully saturated rings. The lowest BCUT2D eigenvalue weighted by Gasteiger charge is -2.11. The van der Waals surface area contributed by atoms with Crippen LogP contribution in [0.4, 0.5) is 5.69 Å². The van der Waals surface area contributed by atoms with Crippen LogP contribution in [-0.2, 0) is 16.0 Å². The molecule has 0 saturated carbocycles. The minimum absolute atomic E-state index is 0.0346. The summed E-state index contributed by atoms with van der Waals surface area (Å²) in [5, 5.41) is 11.5. The molecule has 0 bridgehead atoms. The lowest BCUT2D eigenvalue weighted by atomic mass is 10.1. The summed E-state index contributed by atoms with van der Waals surface area (Å²) in [5.74, 6) is -0.797. The first-order valence-corrected chi connectivity index (χ1v) is 7.93. The van der Waals surface area contributed by atoms with Gasteiger partial charge >= 0.3 is 5.97 Å². The van der Waals surface area contributed by atoms with Crippen LogP contribution >= 0.6 is 0 Å². The first-order valence-electron chi connectivity index (χ1n) is 7.93. The minimum atomic E-state index is -0.895. The number of hydrogen-bond acceptors (Lipinski definition) is 5. The summed E-state index contributed by atoms with van der Waals surface area (Å²) in [6.07, 6.45) is 2.24. The Morgan fingerprint density at radius 1 is 1.28 bits per heavy atom. The second-order valence-corrected chi connectivity index (χ2v) is 5.71. The van der Waals surface area contributed by atoms with Crippen molar-refractivity contribution in [3.05, 3.63) is 53.7 Å². The Labute approximate surface area is 144 Å². The number of nitrogens with zero attached hydrogens (tertiary/aromatic N) is 1. The van der Waals surface area contributed by atoms with E-state index in [9.17, 15) is 9.59 Å². The molecule has 7 heteroatoms. The number of pyridine rings is 1. The maximum absolute atomic E-state index is 12.4. The number of aromatic nitrogens is 1. The number of nitrogens with one attached hydrogen (secondary N) is 1. The standard InChI is InChI=1S/C18H18N2O5/c21-17(22)9-12-1-3-14(4-2-12)20-18(23)13-5-7-19-16(10-13)25-15-6-8-24-11-15/h1-5,7,10,15H,6,8-9,11H2,(H,20,23)(H,21,22)/t15-/m0/s1. The van der Waals surface area contributed by atoms with Gasteiger partial charge in [0.2, 0.25) is 5.88 Å². The molecule has 1 saturated heterocycles. The molecule has 0 unspecified atom stereocenters. The summed E-state index contributed by atoms with van der Waals surface area (Å²) in [7, 11) is 0. The molecule has 0 aliphatic carbocycles. The number of carbonyl (C=O) groups excluding carboxylic acids is 1. The molecule has 1 atom stereocenters. The average molecular weight is 342 g/mol. The molecule has 2 aromatic rings. The van der Waals surface area contributed by atoms with Crippen molar-refractivity contribution in [1.29, 1.82) is 0 Å². The van der Waals surface area contributed by atoms with Gasteiger partial charge in [-0.05, 0) is 23.8 Å². The first-order chi connectivity index (χ1) is 12.1. The summed E-state index contributed by atoms with van der Waals surface area (Å²) in [5.41, 5.74) is 1.69. The van der Waals surface area contributed by atoms with Gasteiger partial charge in [0.1, 0.15) is 6.10 Å². The van der Waals surface area contributed by atoms with Crippen LogP contribution in [-0.4, -0.2) is 41.3 Å². The third-order valence-corrected chi connectivity index (χ3v) is 3.74.